The Kier molecular flexibility index (Phi) is 3.34. The minimum atomic E-state index is 0.216. The van der Waals surface area contributed by atoms with E-state index >= 15 is 0 Å². The van der Waals surface area contributed by atoms with Crippen LogP contribution in [0.25, 0.3) is 0 Å². The third-order valence-corrected chi connectivity index (χ3v) is 4.46. The summed E-state index contributed by atoms with van der Waals surface area (Å²) in [5.74, 6) is 1.66. The third-order valence-electron chi connectivity index (χ3n) is 3.13. The van der Waals surface area contributed by atoms with Crippen molar-refractivity contribution in [3.05, 3.63) is 0 Å². The van der Waals surface area contributed by atoms with Gasteiger partial charge in [0.2, 0.25) is 5.91 Å². The van der Waals surface area contributed by atoms with Crippen molar-refractivity contribution in [3.63, 3.8) is 0 Å². The molecule has 2 saturated heterocycles. The van der Waals surface area contributed by atoms with E-state index in [4.69, 9.17) is 0 Å². The van der Waals surface area contributed by atoms with Gasteiger partial charge < -0.3 is 10.6 Å². The van der Waals surface area contributed by atoms with E-state index < -0.39 is 0 Å². The van der Waals surface area contributed by atoms with Gasteiger partial charge >= 0.3 is 0 Å². The molecule has 80 valence electrons. The third kappa shape index (κ3) is 2.23. The molecule has 2 fully saturated rings. The first kappa shape index (κ1) is 10.3. The summed E-state index contributed by atoms with van der Waals surface area (Å²) in [7, 11) is 0. The zero-order valence-electron chi connectivity index (χ0n) is 8.58. The Bertz CT molecular complexity index is 216. The maximum atomic E-state index is 11.8. The number of carbonyl (C=O) groups is 1. The zero-order chi connectivity index (χ0) is 9.97. The van der Waals surface area contributed by atoms with Gasteiger partial charge in [-0.05, 0) is 25.1 Å². The van der Waals surface area contributed by atoms with E-state index in [-0.39, 0.29) is 11.8 Å². The topological polar surface area (TPSA) is 41.1 Å². The SMILES string of the molecule is CC1SCCC1NC(=O)C1CCNC1. The molecule has 0 aromatic heterocycles. The molecule has 0 radical (unpaired) electrons. The summed E-state index contributed by atoms with van der Waals surface area (Å²) in [6.07, 6.45) is 2.14. The number of thioether (sulfide) groups is 1. The molecule has 1 amide bonds. The van der Waals surface area contributed by atoms with Crippen LogP contribution >= 0.6 is 11.8 Å². The second kappa shape index (κ2) is 4.53. The molecule has 2 N–H and O–H groups in total. The fourth-order valence-corrected chi connectivity index (χ4v) is 3.30. The normalized spacial score (nSPS) is 37.4. The van der Waals surface area contributed by atoms with Crippen molar-refractivity contribution < 1.29 is 4.79 Å². The molecule has 2 aliphatic heterocycles. The lowest BCUT2D eigenvalue weighted by Gasteiger charge is -2.18. The fraction of sp³-hybridized carbons (Fsp3) is 0.900. The van der Waals surface area contributed by atoms with Crippen LogP contribution in [0.15, 0.2) is 0 Å². The van der Waals surface area contributed by atoms with Crippen LogP contribution in [0.2, 0.25) is 0 Å². The standard InChI is InChI=1S/C10H18N2OS/c1-7-9(3-5-14-7)12-10(13)8-2-4-11-6-8/h7-9,11H,2-6H2,1H3,(H,12,13). The molecule has 14 heavy (non-hydrogen) atoms. The van der Waals surface area contributed by atoms with E-state index in [1.165, 1.54) is 5.75 Å². The molecule has 0 aromatic carbocycles. The first-order chi connectivity index (χ1) is 6.77. The number of carbonyl (C=O) groups excluding carboxylic acids is 1. The van der Waals surface area contributed by atoms with E-state index in [1.54, 1.807) is 0 Å². The first-order valence-electron chi connectivity index (χ1n) is 5.40. The van der Waals surface area contributed by atoms with Gasteiger partial charge in [-0.3, -0.25) is 4.79 Å². The van der Waals surface area contributed by atoms with E-state index in [9.17, 15) is 4.79 Å². The quantitative estimate of drug-likeness (QED) is 0.707. The fourth-order valence-electron chi connectivity index (χ4n) is 2.10. The van der Waals surface area contributed by atoms with Crippen molar-refractivity contribution in [1.29, 1.82) is 0 Å². The lowest BCUT2D eigenvalue weighted by atomic mass is 10.1. The molecular weight excluding hydrogens is 196 g/mol. The Balaban J connectivity index is 1.81. The molecule has 2 aliphatic rings. The van der Waals surface area contributed by atoms with Gasteiger partial charge in [0.25, 0.3) is 0 Å². The second-order valence-electron chi connectivity index (χ2n) is 4.17. The predicted octanol–water partition coefficient (Wildman–Crippen LogP) is 0.606. The Morgan fingerprint density at radius 3 is 2.93 bits per heavy atom. The summed E-state index contributed by atoms with van der Waals surface area (Å²) in [6, 6.07) is 0.410. The summed E-state index contributed by atoms with van der Waals surface area (Å²) in [5.41, 5.74) is 0. The van der Waals surface area contributed by atoms with Crippen LogP contribution in [0, 0.1) is 5.92 Å². The maximum absolute atomic E-state index is 11.8. The predicted molar refractivity (Wildman–Crippen MR) is 59.4 cm³/mol. The minimum absolute atomic E-state index is 0.216. The highest BCUT2D eigenvalue weighted by Crippen LogP contribution is 2.26. The molecule has 2 rings (SSSR count). The van der Waals surface area contributed by atoms with Crippen molar-refractivity contribution in [2.24, 2.45) is 5.92 Å². The first-order valence-corrected chi connectivity index (χ1v) is 6.45. The van der Waals surface area contributed by atoms with Crippen molar-refractivity contribution in [2.45, 2.75) is 31.1 Å². The van der Waals surface area contributed by atoms with Crippen LogP contribution in [0.5, 0.6) is 0 Å². The van der Waals surface area contributed by atoms with Gasteiger partial charge in [-0.15, -0.1) is 0 Å². The van der Waals surface area contributed by atoms with Crippen LogP contribution < -0.4 is 10.6 Å². The van der Waals surface area contributed by atoms with E-state index in [0.29, 0.717) is 11.3 Å². The van der Waals surface area contributed by atoms with Gasteiger partial charge in [-0.2, -0.15) is 11.8 Å². The highest BCUT2D eigenvalue weighted by atomic mass is 32.2. The molecule has 3 nitrogen and oxygen atoms in total. The van der Waals surface area contributed by atoms with E-state index in [2.05, 4.69) is 17.6 Å². The van der Waals surface area contributed by atoms with Crippen molar-refractivity contribution >= 4 is 17.7 Å². The minimum Gasteiger partial charge on any atom is -0.352 e. The molecule has 2 heterocycles. The van der Waals surface area contributed by atoms with Gasteiger partial charge in [-0.25, -0.2) is 0 Å². The van der Waals surface area contributed by atoms with Gasteiger partial charge in [0.15, 0.2) is 0 Å². The maximum Gasteiger partial charge on any atom is 0.224 e. The highest BCUT2D eigenvalue weighted by molar-refractivity contribution is 8.00. The second-order valence-corrected chi connectivity index (χ2v) is 5.65. The summed E-state index contributed by atoms with van der Waals surface area (Å²) in [4.78, 5) is 11.8. The molecule has 0 aromatic rings. The zero-order valence-corrected chi connectivity index (χ0v) is 9.40. The number of hydrogen-bond acceptors (Lipinski definition) is 3. The Labute approximate surface area is 89.4 Å². The number of nitrogens with one attached hydrogen (secondary N) is 2. The number of rotatable bonds is 2. The molecule has 0 aliphatic carbocycles. The average molecular weight is 214 g/mol. The van der Waals surface area contributed by atoms with Crippen LogP contribution in [-0.4, -0.2) is 36.0 Å². The van der Waals surface area contributed by atoms with E-state index in [1.807, 2.05) is 11.8 Å². The molecule has 3 atom stereocenters. The van der Waals surface area contributed by atoms with Crippen LogP contribution in [0.3, 0.4) is 0 Å². The Morgan fingerprint density at radius 1 is 1.50 bits per heavy atom. The highest BCUT2D eigenvalue weighted by Gasteiger charge is 2.29. The number of amides is 1. The van der Waals surface area contributed by atoms with Crippen molar-refractivity contribution in [2.75, 3.05) is 18.8 Å². The summed E-state index contributed by atoms with van der Waals surface area (Å²) < 4.78 is 0. The lowest BCUT2D eigenvalue weighted by Crippen LogP contribution is -2.42. The van der Waals surface area contributed by atoms with Crippen molar-refractivity contribution in [1.82, 2.24) is 10.6 Å². The van der Waals surface area contributed by atoms with Crippen molar-refractivity contribution in [3.8, 4) is 0 Å². The largest absolute Gasteiger partial charge is 0.352 e. The summed E-state index contributed by atoms with van der Waals surface area (Å²) in [5, 5.41) is 6.99. The van der Waals surface area contributed by atoms with Crippen LogP contribution in [-0.2, 0) is 4.79 Å². The average Bonchev–Trinajstić information content (AvgIpc) is 2.77. The van der Waals surface area contributed by atoms with Gasteiger partial charge in [0.05, 0.1) is 5.92 Å². The Hall–Kier alpha value is -0.220. The Morgan fingerprint density at radius 2 is 2.36 bits per heavy atom. The lowest BCUT2D eigenvalue weighted by molar-refractivity contribution is -0.125. The molecule has 3 unspecified atom stereocenters. The summed E-state index contributed by atoms with van der Waals surface area (Å²) >= 11 is 1.96. The van der Waals surface area contributed by atoms with Gasteiger partial charge in [0, 0.05) is 17.8 Å². The van der Waals surface area contributed by atoms with Gasteiger partial charge in [-0.1, -0.05) is 6.92 Å². The molecule has 4 heteroatoms. The summed E-state index contributed by atoms with van der Waals surface area (Å²) in [6.45, 7) is 4.06. The van der Waals surface area contributed by atoms with Crippen LogP contribution in [0.4, 0.5) is 0 Å². The molecule has 0 saturated carbocycles. The molecule has 0 bridgehead atoms. The monoisotopic (exact) mass is 214 g/mol. The molecular formula is C10H18N2OS. The van der Waals surface area contributed by atoms with E-state index in [0.717, 1.165) is 25.9 Å². The smallest absolute Gasteiger partial charge is 0.224 e. The van der Waals surface area contributed by atoms with Crippen LogP contribution in [0.1, 0.15) is 19.8 Å². The molecule has 0 spiro atoms. The number of hydrogen-bond donors (Lipinski definition) is 2. The van der Waals surface area contributed by atoms with Gasteiger partial charge in [0.1, 0.15) is 0 Å².